The molecule has 4 rings (SSSR count). The molecular weight excluding hydrogens is 372 g/mol. The first-order valence-corrected chi connectivity index (χ1v) is 9.98. The molecule has 0 aromatic heterocycles. The number of thioether (sulfide) groups is 1. The highest BCUT2D eigenvalue weighted by molar-refractivity contribution is 7.99. The number of hydrogen-bond acceptors (Lipinski definition) is 4. The SMILES string of the molecule is O=C(CSCc1ccccc1)Nc1ccc2c(c1)C(=O)Nc1ccccc1O2. The van der Waals surface area contributed by atoms with Crippen molar-refractivity contribution >= 4 is 35.0 Å². The van der Waals surface area contributed by atoms with Crippen LogP contribution in [0, 0.1) is 0 Å². The summed E-state index contributed by atoms with van der Waals surface area (Å²) >= 11 is 1.54. The van der Waals surface area contributed by atoms with Crippen molar-refractivity contribution in [3.8, 4) is 11.5 Å². The topological polar surface area (TPSA) is 67.4 Å². The van der Waals surface area contributed by atoms with E-state index < -0.39 is 0 Å². The normalized spacial score (nSPS) is 12.1. The summed E-state index contributed by atoms with van der Waals surface area (Å²) < 4.78 is 5.85. The predicted octanol–water partition coefficient (Wildman–Crippen LogP) is 4.92. The third-order valence-electron chi connectivity index (χ3n) is 4.21. The minimum Gasteiger partial charge on any atom is -0.454 e. The molecule has 0 unspecified atom stereocenters. The maximum atomic E-state index is 12.5. The lowest BCUT2D eigenvalue weighted by Crippen LogP contribution is -2.15. The smallest absolute Gasteiger partial charge is 0.259 e. The van der Waals surface area contributed by atoms with Gasteiger partial charge in [-0.2, -0.15) is 0 Å². The van der Waals surface area contributed by atoms with Gasteiger partial charge in [0.2, 0.25) is 5.91 Å². The molecule has 0 saturated carbocycles. The van der Waals surface area contributed by atoms with Crippen LogP contribution >= 0.6 is 11.8 Å². The van der Waals surface area contributed by atoms with Crippen LogP contribution in [0.15, 0.2) is 72.8 Å². The van der Waals surface area contributed by atoms with Crippen LogP contribution in [0.4, 0.5) is 11.4 Å². The van der Waals surface area contributed by atoms with Crippen molar-refractivity contribution in [1.82, 2.24) is 0 Å². The van der Waals surface area contributed by atoms with Crippen molar-refractivity contribution < 1.29 is 14.3 Å². The molecule has 0 fully saturated rings. The van der Waals surface area contributed by atoms with Crippen LogP contribution in [0.3, 0.4) is 0 Å². The molecular formula is C22H18N2O3S. The van der Waals surface area contributed by atoms with E-state index in [4.69, 9.17) is 4.74 Å². The van der Waals surface area contributed by atoms with E-state index in [0.717, 1.165) is 5.75 Å². The van der Waals surface area contributed by atoms with Gasteiger partial charge in [-0.15, -0.1) is 11.8 Å². The standard InChI is InChI=1S/C22H18N2O3S/c25-21(14-28-13-15-6-2-1-3-7-15)23-16-10-11-19-17(12-16)22(26)24-18-8-4-5-9-20(18)27-19/h1-12H,13-14H2,(H,23,25)(H,24,26). The van der Waals surface area contributed by atoms with E-state index in [1.54, 1.807) is 42.1 Å². The highest BCUT2D eigenvalue weighted by Crippen LogP contribution is 2.36. The Bertz CT molecular complexity index is 1020. The Labute approximate surface area is 167 Å². The fourth-order valence-electron chi connectivity index (χ4n) is 2.87. The molecule has 0 aliphatic carbocycles. The molecule has 28 heavy (non-hydrogen) atoms. The lowest BCUT2D eigenvalue weighted by Gasteiger charge is -2.10. The van der Waals surface area contributed by atoms with E-state index in [0.29, 0.717) is 34.2 Å². The summed E-state index contributed by atoms with van der Waals surface area (Å²) in [5.74, 6) is 1.77. The predicted molar refractivity (Wildman–Crippen MR) is 112 cm³/mol. The molecule has 1 heterocycles. The molecule has 140 valence electrons. The number of hydrogen-bond donors (Lipinski definition) is 2. The molecule has 0 bridgehead atoms. The molecule has 0 radical (unpaired) electrons. The van der Waals surface area contributed by atoms with Crippen LogP contribution < -0.4 is 15.4 Å². The lowest BCUT2D eigenvalue weighted by atomic mass is 10.1. The number of rotatable bonds is 5. The molecule has 3 aromatic rings. The Morgan fingerprint density at radius 2 is 1.75 bits per heavy atom. The lowest BCUT2D eigenvalue weighted by molar-refractivity contribution is -0.113. The summed E-state index contributed by atoms with van der Waals surface area (Å²) in [6, 6.07) is 22.3. The Hall–Kier alpha value is -3.25. The van der Waals surface area contributed by atoms with Crippen LogP contribution in [-0.4, -0.2) is 17.6 Å². The zero-order valence-electron chi connectivity index (χ0n) is 15.0. The summed E-state index contributed by atoms with van der Waals surface area (Å²) in [5, 5.41) is 5.68. The van der Waals surface area contributed by atoms with E-state index >= 15 is 0 Å². The highest BCUT2D eigenvalue weighted by Gasteiger charge is 2.21. The molecule has 5 nitrogen and oxygen atoms in total. The number of anilines is 2. The van der Waals surface area contributed by atoms with E-state index in [1.165, 1.54) is 5.56 Å². The average Bonchev–Trinajstić information content (AvgIpc) is 2.84. The molecule has 1 aliphatic rings. The zero-order chi connectivity index (χ0) is 19.3. The third-order valence-corrected chi connectivity index (χ3v) is 5.21. The molecule has 0 saturated heterocycles. The van der Waals surface area contributed by atoms with Gasteiger partial charge >= 0.3 is 0 Å². The second-order valence-electron chi connectivity index (χ2n) is 6.29. The number of carbonyl (C=O) groups is 2. The first kappa shape index (κ1) is 18.1. The Balaban J connectivity index is 1.41. The highest BCUT2D eigenvalue weighted by atomic mass is 32.2. The number of fused-ring (bicyclic) bond motifs is 2. The molecule has 2 N–H and O–H groups in total. The van der Waals surface area contributed by atoms with Crippen LogP contribution in [0.1, 0.15) is 15.9 Å². The van der Waals surface area contributed by atoms with Gasteiger partial charge in [0.1, 0.15) is 5.75 Å². The van der Waals surface area contributed by atoms with E-state index in [2.05, 4.69) is 10.6 Å². The fourth-order valence-corrected chi connectivity index (χ4v) is 3.66. The van der Waals surface area contributed by atoms with E-state index in [9.17, 15) is 9.59 Å². The molecule has 3 aromatic carbocycles. The van der Waals surface area contributed by atoms with Crippen molar-refractivity contribution in [2.75, 3.05) is 16.4 Å². The summed E-state index contributed by atoms with van der Waals surface area (Å²) in [5.41, 5.74) is 2.74. The minimum atomic E-state index is -0.269. The van der Waals surface area contributed by atoms with Crippen molar-refractivity contribution in [3.63, 3.8) is 0 Å². The maximum Gasteiger partial charge on any atom is 0.259 e. The van der Waals surface area contributed by atoms with Gasteiger partial charge in [0.25, 0.3) is 5.91 Å². The number of nitrogens with one attached hydrogen (secondary N) is 2. The Kier molecular flexibility index (Phi) is 5.30. The van der Waals surface area contributed by atoms with Gasteiger partial charge in [0.15, 0.2) is 5.75 Å². The van der Waals surface area contributed by atoms with E-state index in [-0.39, 0.29) is 11.8 Å². The van der Waals surface area contributed by atoms with Crippen LogP contribution in [0.2, 0.25) is 0 Å². The van der Waals surface area contributed by atoms with Crippen molar-refractivity contribution in [1.29, 1.82) is 0 Å². The number of carbonyl (C=O) groups excluding carboxylic acids is 2. The van der Waals surface area contributed by atoms with Gasteiger partial charge in [-0.1, -0.05) is 42.5 Å². The van der Waals surface area contributed by atoms with Crippen LogP contribution in [-0.2, 0) is 10.5 Å². The summed E-state index contributed by atoms with van der Waals surface area (Å²) in [7, 11) is 0. The van der Waals surface area contributed by atoms with Crippen LogP contribution in [0.5, 0.6) is 11.5 Å². The van der Waals surface area contributed by atoms with Crippen molar-refractivity contribution in [2.45, 2.75) is 5.75 Å². The molecule has 0 spiro atoms. The monoisotopic (exact) mass is 390 g/mol. The number of amides is 2. The van der Waals surface area contributed by atoms with Gasteiger partial charge in [0, 0.05) is 11.4 Å². The largest absolute Gasteiger partial charge is 0.454 e. The van der Waals surface area contributed by atoms with Crippen LogP contribution in [0.25, 0.3) is 0 Å². The first-order chi connectivity index (χ1) is 13.7. The molecule has 1 aliphatic heterocycles. The van der Waals surface area contributed by atoms with Gasteiger partial charge in [-0.3, -0.25) is 9.59 Å². The molecule has 0 atom stereocenters. The average molecular weight is 390 g/mol. The van der Waals surface area contributed by atoms with Gasteiger partial charge < -0.3 is 15.4 Å². The second-order valence-corrected chi connectivity index (χ2v) is 7.28. The second kappa shape index (κ2) is 8.19. The zero-order valence-corrected chi connectivity index (χ0v) is 15.8. The van der Waals surface area contributed by atoms with Gasteiger partial charge in [0.05, 0.1) is 17.0 Å². The third kappa shape index (κ3) is 4.18. The van der Waals surface area contributed by atoms with Gasteiger partial charge in [-0.25, -0.2) is 0 Å². The number of ether oxygens (including phenoxy) is 1. The van der Waals surface area contributed by atoms with Gasteiger partial charge in [-0.05, 0) is 35.9 Å². The molecule has 6 heteroatoms. The summed E-state index contributed by atoms with van der Waals surface area (Å²) in [6.45, 7) is 0. The van der Waals surface area contributed by atoms with Crippen molar-refractivity contribution in [3.05, 3.63) is 83.9 Å². The number of para-hydroxylation sites is 2. The van der Waals surface area contributed by atoms with E-state index in [1.807, 2.05) is 42.5 Å². The fraction of sp³-hybridized carbons (Fsp3) is 0.0909. The van der Waals surface area contributed by atoms with Crippen molar-refractivity contribution in [2.24, 2.45) is 0 Å². The quantitative estimate of drug-likeness (QED) is 0.649. The Morgan fingerprint density at radius 3 is 2.61 bits per heavy atom. The number of benzene rings is 3. The maximum absolute atomic E-state index is 12.5. The summed E-state index contributed by atoms with van der Waals surface area (Å²) in [6.07, 6.45) is 0. The summed E-state index contributed by atoms with van der Waals surface area (Å²) in [4.78, 5) is 24.8. The Morgan fingerprint density at radius 1 is 0.964 bits per heavy atom. The minimum absolute atomic E-state index is 0.112. The molecule has 2 amide bonds. The first-order valence-electron chi connectivity index (χ1n) is 8.83.